The number of hydrogen-bond acceptors (Lipinski definition) is 3. The Morgan fingerprint density at radius 3 is 2.61 bits per heavy atom. The molecule has 0 N–H and O–H groups in total. The topological polar surface area (TPSA) is 43.4 Å². The van der Waals surface area contributed by atoms with Gasteiger partial charge in [0, 0.05) is 11.3 Å². The molecule has 0 radical (unpaired) electrons. The van der Waals surface area contributed by atoms with Crippen molar-refractivity contribution in [2.24, 2.45) is 28.6 Å². The quantitative estimate of drug-likeness (QED) is 0.570. The first-order valence-electron chi connectivity index (χ1n) is 9.22. The normalized spacial score (nSPS) is 51.8. The summed E-state index contributed by atoms with van der Waals surface area (Å²) >= 11 is 0. The van der Waals surface area contributed by atoms with Crippen molar-refractivity contribution in [2.45, 2.75) is 70.8 Å². The van der Waals surface area contributed by atoms with Gasteiger partial charge in [0.05, 0.1) is 0 Å². The molecule has 2 bridgehead atoms. The Morgan fingerprint density at radius 1 is 1.13 bits per heavy atom. The van der Waals surface area contributed by atoms with Crippen molar-refractivity contribution in [3.05, 3.63) is 12.2 Å². The Morgan fingerprint density at radius 2 is 1.87 bits per heavy atom. The van der Waals surface area contributed by atoms with E-state index in [0.29, 0.717) is 30.0 Å². The molecular formula is C20H28O3. The molecule has 0 aliphatic heterocycles. The lowest BCUT2D eigenvalue weighted by atomic mass is 9.38. The molecule has 5 rings (SSSR count). The zero-order valence-corrected chi connectivity index (χ0v) is 14.4. The van der Waals surface area contributed by atoms with Crippen molar-refractivity contribution in [3.8, 4) is 0 Å². The maximum atomic E-state index is 13.1. The van der Waals surface area contributed by atoms with Gasteiger partial charge < -0.3 is 4.74 Å². The second kappa shape index (κ2) is 4.70. The summed E-state index contributed by atoms with van der Waals surface area (Å²) in [4.78, 5) is 24.1. The van der Waals surface area contributed by atoms with Crippen molar-refractivity contribution < 1.29 is 14.3 Å². The molecule has 3 heteroatoms. The second-order valence-electron chi connectivity index (χ2n) is 9.01. The minimum absolute atomic E-state index is 0.114. The average Bonchev–Trinajstić information content (AvgIpc) is 2.52. The molecule has 6 atom stereocenters. The molecule has 126 valence electrons. The fraction of sp³-hybridized carbons (Fsp3) is 0.800. The molecule has 5 aliphatic carbocycles. The highest BCUT2D eigenvalue weighted by atomic mass is 16.5. The molecule has 0 saturated heterocycles. The molecule has 5 aliphatic rings. The summed E-state index contributed by atoms with van der Waals surface area (Å²) in [7, 11) is 0. The Kier molecular flexibility index (Phi) is 3.15. The van der Waals surface area contributed by atoms with Gasteiger partial charge >= 0.3 is 0 Å². The first kappa shape index (κ1) is 15.4. The van der Waals surface area contributed by atoms with Crippen LogP contribution in [0, 0.1) is 28.6 Å². The van der Waals surface area contributed by atoms with E-state index in [1.165, 1.54) is 0 Å². The van der Waals surface area contributed by atoms with Crippen molar-refractivity contribution in [2.75, 3.05) is 0 Å². The molecule has 5 saturated carbocycles. The maximum absolute atomic E-state index is 13.1. The van der Waals surface area contributed by atoms with Crippen molar-refractivity contribution >= 4 is 12.3 Å². The first-order valence-corrected chi connectivity index (χ1v) is 9.22. The summed E-state index contributed by atoms with van der Waals surface area (Å²) < 4.78 is 5.63. The van der Waals surface area contributed by atoms with E-state index in [0.717, 1.165) is 56.9 Å². The molecular weight excluding hydrogens is 288 g/mol. The molecule has 0 aromatic heterocycles. The van der Waals surface area contributed by atoms with E-state index in [2.05, 4.69) is 20.4 Å². The molecule has 0 unspecified atom stereocenters. The van der Waals surface area contributed by atoms with Crippen LogP contribution in [0.15, 0.2) is 12.2 Å². The van der Waals surface area contributed by atoms with Gasteiger partial charge in [-0.05, 0) is 81.1 Å². The predicted octanol–water partition coefficient (Wildman–Crippen LogP) is 4.06. The van der Waals surface area contributed by atoms with E-state index in [1.54, 1.807) is 0 Å². The summed E-state index contributed by atoms with van der Waals surface area (Å²) in [6.45, 7) is 9.26. The number of ether oxygens (including phenoxy) is 1. The van der Waals surface area contributed by atoms with Crippen LogP contribution in [-0.2, 0) is 14.3 Å². The minimum Gasteiger partial charge on any atom is -0.461 e. The van der Waals surface area contributed by atoms with Gasteiger partial charge in [-0.25, -0.2) is 0 Å². The SMILES string of the molecule is C=C1C(=O)[C@]23CC[C@H]1C[C@H]2[C@]1(C)CCC[C@@](C)(OC=O)[C@H]1CC3. The average molecular weight is 316 g/mol. The lowest BCUT2D eigenvalue weighted by Gasteiger charge is -2.66. The molecule has 3 nitrogen and oxygen atoms in total. The van der Waals surface area contributed by atoms with E-state index in [9.17, 15) is 9.59 Å². The van der Waals surface area contributed by atoms with Gasteiger partial charge in [-0.2, -0.15) is 0 Å². The van der Waals surface area contributed by atoms with E-state index in [-0.39, 0.29) is 16.4 Å². The van der Waals surface area contributed by atoms with Crippen LogP contribution in [0.3, 0.4) is 0 Å². The van der Waals surface area contributed by atoms with Crippen molar-refractivity contribution in [3.63, 3.8) is 0 Å². The number of rotatable bonds is 2. The first-order chi connectivity index (χ1) is 10.9. The molecule has 0 aromatic rings. The van der Waals surface area contributed by atoms with Gasteiger partial charge in [0.1, 0.15) is 5.60 Å². The van der Waals surface area contributed by atoms with Gasteiger partial charge in [0.15, 0.2) is 5.78 Å². The maximum Gasteiger partial charge on any atom is 0.293 e. The minimum atomic E-state index is -0.354. The standard InChI is InChI=1S/C20H28O3/c1-13-14-5-9-20(17(13)22)10-6-15-18(2,16(20)11-14)7-4-8-19(15,3)23-12-21/h12,14-16H,1,4-11H2,2-3H3/t14-,15-,16-,18+,19+,20-/m0/s1. The number of carbonyl (C=O) groups excluding carboxylic acids is 2. The Bertz CT molecular complexity index is 581. The van der Waals surface area contributed by atoms with E-state index in [1.807, 2.05) is 0 Å². The number of Topliss-reactive ketones (excluding diaryl/α,β-unsaturated/α-hetero) is 1. The highest BCUT2D eigenvalue weighted by molar-refractivity contribution is 6.02. The molecule has 0 amide bonds. The predicted molar refractivity (Wildman–Crippen MR) is 87.6 cm³/mol. The van der Waals surface area contributed by atoms with Gasteiger partial charge in [-0.1, -0.05) is 13.5 Å². The van der Waals surface area contributed by atoms with E-state index in [4.69, 9.17) is 4.74 Å². The molecule has 5 fully saturated rings. The second-order valence-corrected chi connectivity index (χ2v) is 9.01. The van der Waals surface area contributed by atoms with E-state index < -0.39 is 0 Å². The van der Waals surface area contributed by atoms with Gasteiger partial charge in [-0.3, -0.25) is 9.59 Å². The Balaban J connectivity index is 1.76. The summed E-state index contributed by atoms with van der Waals surface area (Å²) in [5.74, 6) is 1.59. The van der Waals surface area contributed by atoms with Gasteiger partial charge in [0.2, 0.25) is 0 Å². The van der Waals surface area contributed by atoms with Crippen LogP contribution in [0.1, 0.15) is 65.2 Å². The number of fused-ring (bicyclic) bond motifs is 3. The number of allylic oxidation sites excluding steroid dienone is 1. The lowest BCUT2D eigenvalue weighted by molar-refractivity contribution is -0.206. The third kappa shape index (κ3) is 1.77. The number of hydrogen-bond donors (Lipinski definition) is 0. The Hall–Kier alpha value is -1.12. The Labute approximate surface area is 138 Å². The monoisotopic (exact) mass is 316 g/mol. The molecule has 1 spiro atoms. The highest BCUT2D eigenvalue weighted by Crippen LogP contribution is 2.70. The van der Waals surface area contributed by atoms with Crippen LogP contribution in [0.25, 0.3) is 0 Å². The molecule has 0 aromatic carbocycles. The van der Waals surface area contributed by atoms with Crippen molar-refractivity contribution in [1.29, 1.82) is 0 Å². The fourth-order valence-corrected chi connectivity index (χ4v) is 7.21. The third-order valence-electron chi connectivity index (χ3n) is 8.28. The summed E-state index contributed by atoms with van der Waals surface area (Å²) in [6, 6.07) is 0. The lowest BCUT2D eigenvalue weighted by Crippen LogP contribution is -2.64. The highest BCUT2D eigenvalue weighted by Gasteiger charge is 2.67. The van der Waals surface area contributed by atoms with Crippen LogP contribution in [0.2, 0.25) is 0 Å². The van der Waals surface area contributed by atoms with Crippen LogP contribution in [0.5, 0.6) is 0 Å². The summed E-state index contributed by atoms with van der Waals surface area (Å²) in [5.41, 5.74) is 0.504. The summed E-state index contributed by atoms with van der Waals surface area (Å²) in [6.07, 6.45) is 8.47. The van der Waals surface area contributed by atoms with Crippen LogP contribution in [0.4, 0.5) is 0 Å². The van der Waals surface area contributed by atoms with Gasteiger partial charge in [-0.15, -0.1) is 0 Å². The van der Waals surface area contributed by atoms with Crippen LogP contribution in [-0.4, -0.2) is 17.9 Å². The summed E-state index contributed by atoms with van der Waals surface area (Å²) in [5, 5.41) is 0. The smallest absolute Gasteiger partial charge is 0.293 e. The van der Waals surface area contributed by atoms with Crippen LogP contribution >= 0.6 is 0 Å². The third-order valence-corrected chi connectivity index (χ3v) is 8.28. The largest absolute Gasteiger partial charge is 0.461 e. The van der Waals surface area contributed by atoms with Crippen LogP contribution < -0.4 is 0 Å². The number of carbonyl (C=O) groups is 2. The molecule has 23 heavy (non-hydrogen) atoms. The van der Waals surface area contributed by atoms with Crippen molar-refractivity contribution in [1.82, 2.24) is 0 Å². The number of ketones is 1. The zero-order chi connectivity index (χ0) is 16.5. The van der Waals surface area contributed by atoms with E-state index >= 15 is 0 Å². The zero-order valence-electron chi connectivity index (χ0n) is 14.4. The fourth-order valence-electron chi connectivity index (χ4n) is 7.21. The molecule has 0 heterocycles. The van der Waals surface area contributed by atoms with Gasteiger partial charge in [0.25, 0.3) is 6.47 Å².